The van der Waals surface area contributed by atoms with Crippen LogP contribution < -0.4 is 9.62 Å². The molecular weight excluding hydrogens is 646 g/mol. The fourth-order valence-electron chi connectivity index (χ4n) is 4.05. The molecule has 3 rings (SSSR count). The number of rotatable bonds is 12. The average molecular weight is 679 g/mol. The highest BCUT2D eigenvalue weighted by Gasteiger charge is 2.33. The van der Waals surface area contributed by atoms with Gasteiger partial charge in [-0.3, -0.25) is 13.9 Å². The number of hydrogen-bond donors (Lipinski definition) is 1. The first-order chi connectivity index (χ1) is 18.5. The van der Waals surface area contributed by atoms with Gasteiger partial charge in [-0.1, -0.05) is 81.2 Å². The molecule has 3 aromatic rings. The summed E-state index contributed by atoms with van der Waals surface area (Å²) >= 11 is 6.84. The largest absolute Gasteiger partial charge is 0.352 e. The molecule has 39 heavy (non-hydrogen) atoms. The molecule has 0 aliphatic heterocycles. The predicted octanol–water partition coefficient (Wildman–Crippen LogP) is 5.53. The van der Waals surface area contributed by atoms with Gasteiger partial charge in [-0.05, 0) is 60.9 Å². The molecule has 2 unspecified atom stereocenters. The number of nitrogens with zero attached hydrogens (tertiary/aromatic N) is 2. The Balaban J connectivity index is 2.05. The summed E-state index contributed by atoms with van der Waals surface area (Å²) in [4.78, 5) is 29.2. The fraction of sp³-hybridized carbons (Fsp3) is 0.310. The summed E-state index contributed by atoms with van der Waals surface area (Å²) in [7, 11) is -3.80. The molecule has 2 atom stereocenters. The number of nitrogens with one attached hydrogen (secondary N) is 1. The molecule has 1 N–H and O–H groups in total. The van der Waals surface area contributed by atoms with Crippen molar-refractivity contribution in [3.63, 3.8) is 0 Å². The monoisotopic (exact) mass is 677 g/mol. The van der Waals surface area contributed by atoms with Crippen LogP contribution in [-0.2, 0) is 32.6 Å². The van der Waals surface area contributed by atoms with E-state index in [0.717, 1.165) is 37.1 Å². The molecule has 0 aliphatic rings. The van der Waals surface area contributed by atoms with E-state index in [4.69, 9.17) is 0 Å². The number of amides is 2. The maximum absolute atomic E-state index is 14.0. The molecular formula is C29H33Br2N3O4S. The van der Waals surface area contributed by atoms with Gasteiger partial charge in [0.1, 0.15) is 12.6 Å². The second-order valence-electron chi connectivity index (χ2n) is 9.42. The minimum absolute atomic E-state index is 0.0890. The van der Waals surface area contributed by atoms with Crippen LogP contribution in [0, 0.1) is 0 Å². The van der Waals surface area contributed by atoms with Crippen molar-refractivity contribution < 1.29 is 18.0 Å². The lowest BCUT2D eigenvalue weighted by molar-refractivity contribution is -0.140. The van der Waals surface area contributed by atoms with Gasteiger partial charge in [0.25, 0.3) is 0 Å². The van der Waals surface area contributed by atoms with Crippen molar-refractivity contribution in [1.82, 2.24) is 10.2 Å². The van der Waals surface area contributed by atoms with Crippen LogP contribution in [0.25, 0.3) is 0 Å². The SMILES string of the molecule is CCC(C)NC(=O)C(Cc1ccccc1)N(Cc1cccc(Br)c1)C(=O)CN(c1ccc(Br)cc1)S(C)(=O)=O. The Bertz CT molecular complexity index is 1370. The summed E-state index contributed by atoms with van der Waals surface area (Å²) in [6, 6.07) is 22.7. The van der Waals surface area contributed by atoms with Crippen LogP contribution in [-0.4, -0.2) is 50.0 Å². The molecule has 3 aromatic carbocycles. The molecule has 0 radical (unpaired) electrons. The quantitative estimate of drug-likeness (QED) is 0.273. The van der Waals surface area contributed by atoms with E-state index in [1.54, 1.807) is 24.3 Å². The van der Waals surface area contributed by atoms with E-state index in [1.165, 1.54) is 4.90 Å². The molecule has 0 saturated heterocycles. The molecule has 7 nitrogen and oxygen atoms in total. The number of halogens is 2. The van der Waals surface area contributed by atoms with Gasteiger partial charge in [0.05, 0.1) is 11.9 Å². The number of carbonyl (C=O) groups is 2. The maximum atomic E-state index is 14.0. The third kappa shape index (κ3) is 9.19. The normalized spacial score (nSPS) is 12.8. The Hall–Kier alpha value is -2.69. The van der Waals surface area contributed by atoms with Gasteiger partial charge in [-0.15, -0.1) is 0 Å². The van der Waals surface area contributed by atoms with Gasteiger partial charge in [-0.25, -0.2) is 8.42 Å². The van der Waals surface area contributed by atoms with Crippen LogP contribution in [0.1, 0.15) is 31.4 Å². The number of benzene rings is 3. The third-order valence-electron chi connectivity index (χ3n) is 6.31. The lowest BCUT2D eigenvalue weighted by Crippen LogP contribution is -2.54. The van der Waals surface area contributed by atoms with Crippen LogP contribution in [0.5, 0.6) is 0 Å². The molecule has 0 aromatic heterocycles. The highest BCUT2D eigenvalue weighted by Crippen LogP contribution is 2.23. The van der Waals surface area contributed by atoms with E-state index in [2.05, 4.69) is 37.2 Å². The number of anilines is 1. The Morgan fingerprint density at radius 2 is 1.54 bits per heavy atom. The topological polar surface area (TPSA) is 86.8 Å². The van der Waals surface area contributed by atoms with Crippen molar-refractivity contribution in [2.24, 2.45) is 0 Å². The van der Waals surface area contributed by atoms with E-state index in [1.807, 2.05) is 68.4 Å². The second-order valence-corrected chi connectivity index (χ2v) is 13.2. The molecule has 0 aliphatic carbocycles. The number of carbonyl (C=O) groups excluding carboxylic acids is 2. The standard InChI is InChI=1S/C29H33Br2N3O4S/c1-4-21(2)32-29(36)27(18-22-9-6-5-7-10-22)33(19-23-11-8-12-25(31)17-23)28(35)20-34(39(3,37)38)26-15-13-24(30)14-16-26/h5-17,21,27H,4,18-20H2,1-3H3,(H,32,36). The summed E-state index contributed by atoms with van der Waals surface area (Å²) in [5.41, 5.74) is 2.06. The van der Waals surface area contributed by atoms with E-state index >= 15 is 0 Å². The molecule has 10 heteroatoms. The Morgan fingerprint density at radius 3 is 2.13 bits per heavy atom. The van der Waals surface area contributed by atoms with Crippen molar-refractivity contribution in [2.75, 3.05) is 17.1 Å². The Kier molecular flexibility index (Phi) is 11.1. The van der Waals surface area contributed by atoms with Gasteiger partial charge in [-0.2, -0.15) is 0 Å². The van der Waals surface area contributed by atoms with E-state index < -0.39 is 28.5 Å². The smallest absolute Gasteiger partial charge is 0.244 e. The van der Waals surface area contributed by atoms with Crippen LogP contribution in [0.15, 0.2) is 87.8 Å². The highest BCUT2D eigenvalue weighted by molar-refractivity contribution is 9.10. The maximum Gasteiger partial charge on any atom is 0.244 e. The van der Waals surface area contributed by atoms with Gasteiger partial charge < -0.3 is 10.2 Å². The highest BCUT2D eigenvalue weighted by atomic mass is 79.9. The van der Waals surface area contributed by atoms with Crippen molar-refractivity contribution in [1.29, 1.82) is 0 Å². The van der Waals surface area contributed by atoms with Gasteiger partial charge in [0.15, 0.2) is 0 Å². The Morgan fingerprint density at radius 1 is 0.897 bits per heavy atom. The van der Waals surface area contributed by atoms with Crippen molar-refractivity contribution in [3.8, 4) is 0 Å². The first kappa shape index (κ1) is 30.8. The van der Waals surface area contributed by atoms with Crippen LogP contribution in [0.2, 0.25) is 0 Å². The zero-order valence-electron chi connectivity index (χ0n) is 22.2. The number of sulfonamides is 1. The second kappa shape index (κ2) is 14.1. The first-order valence-corrected chi connectivity index (χ1v) is 16.0. The molecule has 0 saturated carbocycles. The summed E-state index contributed by atoms with van der Waals surface area (Å²) in [5.74, 6) is -0.769. The summed E-state index contributed by atoms with van der Waals surface area (Å²) in [6.45, 7) is 3.57. The first-order valence-electron chi connectivity index (χ1n) is 12.6. The minimum Gasteiger partial charge on any atom is -0.352 e. The van der Waals surface area contributed by atoms with E-state index in [0.29, 0.717) is 5.69 Å². The minimum atomic E-state index is -3.80. The molecule has 0 heterocycles. The zero-order chi connectivity index (χ0) is 28.6. The summed E-state index contributed by atoms with van der Waals surface area (Å²) in [6.07, 6.45) is 2.08. The summed E-state index contributed by atoms with van der Waals surface area (Å²) in [5, 5.41) is 3.02. The van der Waals surface area contributed by atoms with Crippen LogP contribution in [0.4, 0.5) is 5.69 Å². The Labute approximate surface area is 247 Å². The van der Waals surface area contributed by atoms with E-state index in [-0.39, 0.29) is 24.9 Å². The molecule has 208 valence electrons. The van der Waals surface area contributed by atoms with Gasteiger partial charge in [0, 0.05) is 28.0 Å². The fourth-order valence-corrected chi connectivity index (χ4v) is 5.61. The lowest BCUT2D eigenvalue weighted by atomic mass is 10.0. The third-order valence-corrected chi connectivity index (χ3v) is 8.47. The van der Waals surface area contributed by atoms with Crippen molar-refractivity contribution in [2.45, 2.75) is 45.3 Å². The molecule has 2 amide bonds. The molecule has 0 bridgehead atoms. The predicted molar refractivity (Wildman–Crippen MR) is 163 cm³/mol. The average Bonchev–Trinajstić information content (AvgIpc) is 2.89. The van der Waals surface area contributed by atoms with E-state index in [9.17, 15) is 18.0 Å². The molecule has 0 spiro atoms. The van der Waals surface area contributed by atoms with Gasteiger partial charge >= 0.3 is 0 Å². The van der Waals surface area contributed by atoms with Gasteiger partial charge in [0.2, 0.25) is 21.8 Å². The van der Waals surface area contributed by atoms with Crippen LogP contribution >= 0.6 is 31.9 Å². The summed E-state index contributed by atoms with van der Waals surface area (Å²) < 4.78 is 28.3. The molecule has 0 fully saturated rings. The zero-order valence-corrected chi connectivity index (χ0v) is 26.2. The lowest BCUT2D eigenvalue weighted by Gasteiger charge is -2.34. The number of hydrogen-bond acceptors (Lipinski definition) is 4. The van der Waals surface area contributed by atoms with Crippen LogP contribution in [0.3, 0.4) is 0 Å². The van der Waals surface area contributed by atoms with Crippen molar-refractivity contribution >= 4 is 59.4 Å². The van der Waals surface area contributed by atoms with Crippen molar-refractivity contribution in [3.05, 3.63) is 98.9 Å².